The maximum atomic E-state index is 13.6. The van der Waals surface area contributed by atoms with Crippen molar-refractivity contribution in [1.29, 1.82) is 5.41 Å². The molecular weight excluding hydrogens is 247 g/mol. The van der Waals surface area contributed by atoms with E-state index in [1.54, 1.807) is 4.90 Å². The van der Waals surface area contributed by atoms with Crippen LogP contribution in [0.3, 0.4) is 0 Å². The van der Waals surface area contributed by atoms with Crippen LogP contribution in [-0.4, -0.2) is 36.6 Å². The molecule has 17 heavy (non-hydrogen) atoms. The minimum absolute atomic E-state index is 0.0657. The smallest absolute Gasteiger partial charge is 0.167 e. The predicted octanol–water partition coefficient (Wildman–Crippen LogP) is 1.02. The minimum atomic E-state index is -0.513. The third kappa shape index (κ3) is 2.65. The Balaban J connectivity index is 2.19. The number of ether oxygens (including phenoxy) is 1. The van der Waals surface area contributed by atoms with Crippen LogP contribution in [0, 0.1) is 11.2 Å². The van der Waals surface area contributed by atoms with Crippen LogP contribution >= 0.6 is 11.6 Å². The van der Waals surface area contributed by atoms with E-state index in [-0.39, 0.29) is 16.7 Å². The van der Waals surface area contributed by atoms with E-state index >= 15 is 0 Å². The third-order valence-corrected chi connectivity index (χ3v) is 2.71. The Morgan fingerprint density at radius 1 is 1.71 bits per heavy atom. The predicted molar refractivity (Wildman–Crippen MR) is 63.1 cm³/mol. The number of anilines is 1. The molecule has 1 saturated heterocycles. The standard InChI is InChI=1S/C10H12ClFN4O/c11-6-3-7(12)10(15-4-6)16-1-2-17-8(5-16)9(13)14/h3-4,8H,1-2,5H2,(H3,13,14). The Morgan fingerprint density at radius 3 is 3.12 bits per heavy atom. The van der Waals surface area contributed by atoms with Crippen LogP contribution in [0.2, 0.25) is 5.02 Å². The van der Waals surface area contributed by atoms with Crippen LogP contribution < -0.4 is 10.6 Å². The molecule has 1 fully saturated rings. The fourth-order valence-corrected chi connectivity index (χ4v) is 1.81. The molecule has 0 aromatic carbocycles. The Hall–Kier alpha value is -1.40. The lowest BCUT2D eigenvalue weighted by atomic mass is 10.2. The second-order valence-corrected chi connectivity index (χ2v) is 4.16. The van der Waals surface area contributed by atoms with Crippen molar-refractivity contribution >= 4 is 23.3 Å². The molecule has 3 N–H and O–H groups in total. The van der Waals surface area contributed by atoms with Gasteiger partial charge in [-0.1, -0.05) is 11.6 Å². The van der Waals surface area contributed by atoms with Gasteiger partial charge in [-0.25, -0.2) is 9.37 Å². The average Bonchev–Trinajstić information content (AvgIpc) is 2.29. The molecule has 2 rings (SSSR count). The van der Waals surface area contributed by atoms with E-state index in [1.165, 1.54) is 12.3 Å². The summed E-state index contributed by atoms with van der Waals surface area (Å²) >= 11 is 5.64. The topological polar surface area (TPSA) is 75.2 Å². The van der Waals surface area contributed by atoms with Crippen molar-refractivity contribution in [3.05, 3.63) is 23.1 Å². The molecule has 1 aromatic heterocycles. The van der Waals surface area contributed by atoms with Gasteiger partial charge in [0, 0.05) is 12.7 Å². The summed E-state index contributed by atoms with van der Waals surface area (Å²) in [7, 11) is 0. The molecule has 1 unspecified atom stereocenters. The Morgan fingerprint density at radius 2 is 2.47 bits per heavy atom. The number of halogens is 2. The maximum Gasteiger partial charge on any atom is 0.167 e. The lowest BCUT2D eigenvalue weighted by Crippen LogP contribution is -2.48. The van der Waals surface area contributed by atoms with Gasteiger partial charge in [-0.05, 0) is 6.07 Å². The van der Waals surface area contributed by atoms with E-state index in [0.717, 1.165) is 0 Å². The minimum Gasteiger partial charge on any atom is -0.385 e. The number of nitrogens with two attached hydrogens (primary N) is 1. The molecule has 1 aromatic rings. The van der Waals surface area contributed by atoms with E-state index in [9.17, 15) is 4.39 Å². The number of nitrogens with zero attached hydrogens (tertiary/aromatic N) is 2. The number of rotatable bonds is 2. The lowest BCUT2D eigenvalue weighted by Gasteiger charge is -2.33. The Bertz CT molecular complexity index is 442. The highest BCUT2D eigenvalue weighted by atomic mass is 35.5. The van der Waals surface area contributed by atoms with Crippen molar-refractivity contribution in [3.63, 3.8) is 0 Å². The van der Waals surface area contributed by atoms with Gasteiger partial charge in [0.15, 0.2) is 11.6 Å². The van der Waals surface area contributed by atoms with Crippen molar-refractivity contribution in [1.82, 2.24) is 4.98 Å². The molecule has 0 amide bonds. The van der Waals surface area contributed by atoms with Crippen LogP contribution in [0.15, 0.2) is 12.3 Å². The highest BCUT2D eigenvalue weighted by Gasteiger charge is 2.25. The van der Waals surface area contributed by atoms with Crippen molar-refractivity contribution < 1.29 is 9.13 Å². The van der Waals surface area contributed by atoms with Gasteiger partial charge in [0.05, 0.1) is 18.2 Å². The molecule has 0 bridgehead atoms. The summed E-state index contributed by atoms with van der Waals surface area (Å²) in [6.07, 6.45) is 0.874. The summed E-state index contributed by atoms with van der Waals surface area (Å²) in [5.41, 5.74) is 5.37. The highest BCUT2D eigenvalue weighted by molar-refractivity contribution is 6.30. The van der Waals surface area contributed by atoms with Crippen molar-refractivity contribution in [2.45, 2.75) is 6.10 Å². The second-order valence-electron chi connectivity index (χ2n) is 3.72. The zero-order chi connectivity index (χ0) is 12.4. The van der Waals surface area contributed by atoms with Gasteiger partial charge < -0.3 is 15.4 Å². The van der Waals surface area contributed by atoms with Gasteiger partial charge in [0.25, 0.3) is 0 Å². The number of amidine groups is 1. The van der Waals surface area contributed by atoms with Crippen LogP contribution in [0.25, 0.3) is 0 Å². The van der Waals surface area contributed by atoms with Crippen LogP contribution in [0.4, 0.5) is 10.2 Å². The van der Waals surface area contributed by atoms with Gasteiger partial charge in [0.1, 0.15) is 11.9 Å². The molecule has 0 radical (unpaired) electrons. The van der Waals surface area contributed by atoms with Crippen LogP contribution in [0.5, 0.6) is 0 Å². The molecule has 0 saturated carbocycles. The normalized spacial score (nSPS) is 20.4. The van der Waals surface area contributed by atoms with Gasteiger partial charge in [-0.15, -0.1) is 0 Å². The molecule has 1 atom stereocenters. The molecule has 2 heterocycles. The fourth-order valence-electron chi connectivity index (χ4n) is 1.67. The summed E-state index contributed by atoms with van der Waals surface area (Å²) in [6, 6.07) is 1.21. The van der Waals surface area contributed by atoms with E-state index in [0.29, 0.717) is 19.7 Å². The summed E-state index contributed by atoms with van der Waals surface area (Å²) < 4.78 is 18.9. The zero-order valence-electron chi connectivity index (χ0n) is 8.99. The summed E-state index contributed by atoms with van der Waals surface area (Å²) in [4.78, 5) is 5.64. The van der Waals surface area contributed by atoms with Crippen molar-refractivity contribution in [3.8, 4) is 0 Å². The zero-order valence-corrected chi connectivity index (χ0v) is 9.75. The number of aromatic nitrogens is 1. The molecule has 0 spiro atoms. The largest absolute Gasteiger partial charge is 0.385 e. The van der Waals surface area contributed by atoms with Crippen LogP contribution in [-0.2, 0) is 4.74 Å². The third-order valence-electron chi connectivity index (χ3n) is 2.50. The second kappa shape index (κ2) is 4.85. The number of nitrogens with one attached hydrogen (secondary N) is 1. The van der Waals surface area contributed by atoms with E-state index in [4.69, 9.17) is 27.5 Å². The summed E-state index contributed by atoms with van der Waals surface area (Å²) in [6.45, 7) is 1.21. The van der Waals surface area contributed by atoms with Gasteiger partial charge in [-0.3, -0.25) is 5.41 Å². The maximum absolute atomic E-state index is 13.6. The van der Waals surface area contributed by atoms with Crippen LogP contribution in [0.1, 0.15) is 0 Å². The molecule has 1 aliphatic rings. The van der Waals surface area contributed by atoms with Gasteiger partial charge >= 0.3 is 0 Å². The van der Waals surface area contributed by atoms with Crippen molar-refractivity contribution in [2.75, 3.05) is 24.6 Å². The highest BCUT2D eigenvalue weighted by Crippen LogP contribution is 2.21. The molecule has 1 aliphatic heterocycles. The lowest BCUT2D eigenvalue weighted by molar-refractivity contribution is 0.0820. The first kappa shape index (κ1) is 12.1. The number of hydrogen-bond acceptors (Lipinski definition) is 4. The molecule has 0 aliphatic carbocycles. The number of morpholine rings is 1. The van der Waals surface area contributed by atoms with E-state index in [1.807, 2.05) is 0 Å². The fraction of sp³-hybridized carbons (Fsp3) is 0.400. The van der Waals surface area contributed by atoms with E-state index < -0.39 is 11.9 Å². The summed E-state index contributed by atoms with van der Waals surface area (Å²) in [5.74, 6) is -0.338. The first-order valence-electron chi connectivity index (χ1n) is 5.09. The summed E-state index contributed by atoms with van der Waals surface area (Å²) in [5, 5.41) is 7.57. The quantitative estimate of drug-likeness (QED) is 0.613. The van der Waals surface area contributed by atoms with E-state index in [2.05, 4.69) is 4.98 Å². The molecule has 92 valence electrons. The SMILES string of the molecule is N=C(N)C1CN(c2ncc(Cl)cc2F)CCO1. The number of hydrogen-bond donors (Lipinski definition) is 2. The average molecular weight is 259 g/mol. The molecular formula is C10H12ClFN4O. The first-order chi connectivity index (χ1) is 8.08. The molecule has 5 nitrogen and oxygen atoms in total. The van der Waals surface area contributed by atoms with Gasteiger partial charge in [0.2, 0.25) is 0 Å². The Kier molecular flexibility index (Phi) is 3.44. The number of pyridine rings is 1. The first-order valence-corrected chi connectivity index (χ1v) is 5.47. The monoisotopic (exact) mass is 258 g/mol. The molecule has 7 heteroatoms. The van der Waals surface area contributed by atoms with Crippen molar-refractivity contribution in [2.24, 2.45) is 5.73 Å². The Labute approximate surface area is 103 Å². The van der Waals surface area contributed by atoms with Gasteiger partial charge in [-0.2, -0.15) is 0 Å².